The van der Waals surface area contributed by atoms with Crippen LogP contribution in [0.25, 0.3) is 0 Å². The molecule has 1 aromatic carbocycles. The Labute approximate surface area is 181 Å². The molecule has 0 radical (unpaired) electrons. The van der Waals surface area contributed by atoms with Gasteiger partial charge in [-0.05, 0) is 37.8 Å². The molecule has 1 saturated carbocycles. The molecule has 0 aliphatic heterocycles. The fourth-order valence-electron chi connectivity index (χ4n) is 2.98. The van der Waals surface area contributed by atoms with Gasteiger partial charge in [-0.15, -0.1) is 24.0 Å². The normalized spacial score (nSPS) is 14.0. The first-order valence-electron chi connectivity index (χ1n) is 9.65. The highest BCUT2D eigenvalue weighted by molar-refractivity contribution is 14.0. The first-order chi connectivity index (χ1) is 12.8. The third-order valence-electron chi connectivity index (χ3n) is 4.53. The molecule has 0 amide bonds. The second-order valence-corrected chi connectivity index (χ2v) is 6.51. The number of aliphatic imine (C=N–C) groups is 1. The van der Waals surface area contributed by atoms with Gasteiger partial charge in [0.25, 0.3) is 0 Å². The quantitative estimate of drug-likeness (QED) is 0.268. The van der Waals surface area contributed by atoms with Crippen LogP contribution in [0, 0.1) is 0 Å². The highest BCUT2D eigenvalue weighted by Gasteiger charge is 2.28. The maximum atomic E-state index is 5.41. The summed E-state index contributed by atoms with van der Waals surface area (Å²) < 4.78 is 10.6. The average Bonchev–Trinajstić information content (AvgIpc) is 3.50. The first-order valence-corrected chi connectivity index (χ1v) is 9.65. The van der Waals surface area contributed by atoms with E-state index in [0.717, 1.165) is 63.5 Å². The summed E-state index contributed by atoms with van der Waals surface area (Å²) in [5.74, 6) is 1.82. The van der Waals surface area contributed by atoms with Crippen molar-refractivity contribution in [3.63, 3.8) is 0 Å². The molecule has 0 bridgehead atoms. The smallest absolute Gasteiger partial charge is 0.191 e. The lowest BCUT2D eigenvalue weighted by atomic mass is 10.1. The van der Waals surface area contributed by atoms with Crippen LogP contribution in [0.15, 0.2) is 29.3 Å². The minimum absolute atomic E-state index is 0. The molecule has 1 aliphatic rings. The van der Waals surface area contributed by atoms with Crippen molar-refractivity contribution in [2.45, 2.75) is 32.2 Å². The number of ether oxygens (including phenoxy) is 2. The fraction of sp³-hybridized carbons (Fsp3) is 0.650. The molecular formula is C20H35IN4O2. The van der Waals surface area contributed by atoms with E-state index in [1.807, 2.05) is 18.2 Å². The summed E-state index contributed by atoms with van der Waals surface area (Å²) in [7, 11) is 3.48. The zero-order valence-electron chi connectivity index (χ0n) is 16.9. The van der Waals surface area contributed by atoms with Crippen LogP contribution in [0.1, 0.15) is 25.3 Å². The number of nitrogens with zero attached hydrogens (tertiary/aromatic N) is 2. The molecule has 0 atom stereocenters. The monoisotopic (exact) mass is 490 g/mol. The minimum Gasteiger partial charge on any atom is -0.496 e. The highest BCUT2D eigenvalue weighted by atomic mass is 127. The van der Waals surface area contributed by atoms with E-state index in [0.29, 0.717) is 0 Å². The zero-order valence-corrected chi connectivity index (χ0v) is 19.2. The van der Waals surface area contributed by atoms with Crippen LogP contribution in [0.5, 0.6) is 5.75 Å². The van der Waals surface area contributed by atoms with Gasteiger partial charge in [0.05, 0.1) is 20.3 Å². The highest BCUT2D eigenvalue weighted by Crippen LogP contribution is 2.26. The molecule has 1 fully saturated rings. The Kier molecular flexibility index (Phi) is 12.4. The number of hydrogen-bond acceptors (Lipinski definition) is 4. The SMILES string of the molecule is CCNC(=NCCN(CCOC)C1CC1)NCCc1ccccc1OC.I. The Morgan fingerprint density at radius 2 is 1.96 bits per heavy atom. The van der Waals surface area contributed by atoms with Gasteiger partial charge in [0.15, 0.2) is 5.96 Å². The van der Waals surface area contributed by atoms with E-state index in [-0.39, 0.29) is 24.0 Å². The summed E-state index contributed by atoms with van der Waals surface area (Å²) in [4.78, 5) is 7.22. The molecule has 1 aromatic rings. The topological polar surface area (TPSA) is 58.1 Å². The number of halogens is 1. The van der Waals surface area contributed by atoms with Crippen LogP contribution >= 0.6 is 24.0 Å². The van der Waals surface area contributed by atoms with Crippen LogP contribution in [-0.2, 0) is 11.2 Å². The molecule has 7 heteroatoms. The average molecular weight is 490 g/mol. The van der Waals surface area contributed by atoms with Gasteiger partial charge in [0.2, 0.25) is 0 Å². The second kappa shape index (κ2) is 14.0. The van der Waals surface area contributed by atoms with Crippen molar-refractivity contribution < 1.29 is 9.47 Å². The van der Waals surface area contributed by atoms with Gasteiger partial charge in [-0.2, -0.15) is 0 Å². The summed E-state index contributed by atoms with van der Waals surface area (Å²) in [6.07, 6.45) is 3.52. The largest absolute Gasteiger partial charge is 0.496 e. The molecule has 0 spiro atoms. The number of rotatable bonds is 12. The van der Waals surface area contributed by atoms with Crippen LogP contribution < -0.4 is 15.4 Å². The molecule has 154 valence electrons. The third kappa shape index (κ3) is 9.12. The van der Waals surface area contributed by atoms with Crippen LogP contribution in [-0.4, -0.2) is 70.5 Å². The van der Waals surface area contributed by atoms with Crippen molar-refractivity contribution in [3.8, 4) is 5.75 Å². The molecule has 27 heavy (non-hydrogen) atoms. The Morgan fingerprint density at radius 3 is 2.63 bits per heavy atom. The number of hydrogen-bond donors (Lipinski definition) is 2. The summed E-state index contributed by atoms with van der Waals surface area (Å²) in [6, 6.07) is 8.89. The molecule has 0 aromatic heterocycles. The van der Waals surface area contributed by atoms with Crippen LogP contribution in [0.4, 0.5) is 0 Å². The molecule has 6 nitrogen and oxygen atoms in total. The molecule has 2 rings (SSSR count). The van der Waals surface area contributed by atoms with Crippen molar-refractivity contribution in [3.05, 3.63) is 29.8 Å². The van der Waals surface area contributed by atoms with Gasteiger partial charge in [-0.1, -0.05) is 18.2 Å². The molecule has 0 unspecified atom stereocenters. The van der Waals surface area contributed by atoms with E-state index in [1.54, 1.807) is 14.2 Å². The van der Waals surface area contributed by atoms with Crippen molar-refractivity contribution >= 4 is 29.9 Å². The molecule has 1 aliphatic carbocycles. The van der Waals surface area contributed by atoms with Gasteiger partial charge in [0.1, 0.15) is 5.75 Å². The van der Waals surface area contributed by atoms with E-state index in [2.05, 4.69) is 28.5 Å². The predicted octanol–water partition coefficient (Wildman–Crippen LogP) is 2.52. The van der Waals surface area contributed by atoms with Crippen molar-refractivity contribution in [2.75, 3.05) is 53.6 Å². The minimum atomic E-state index is 0. The summed E-state index contributed by atoms with van der Waals surface area (Å²) in [5.41, 5.74) is 1.21. The summed E-state index contributed by atoms with van der Waals surface area (Å²) in [5, 5.41) is 6.75. The summed E-state index contributed by atoms with van der Waals surface area (Å²) in [6.45, 7) is 7.33. The molecule has 0 heterocycles. The van der Waals surface area contributed by atoms with Crippen LogP contribution in [0.3, 0.4) is 0 Å². The number of benzene rings is 1. The van der Waals surface area contributed by atoms with Crippen molar-refractivity contribution in [2.24, 2.45) is 4.99 Å². The second-order valence-electron chi connectivity index (χ2n) is 6.51. The van der Waals surface area contributed by atoms with E-state index < -0.39 is 0 Å². The van der Waals surface area contributed by atoms with Gasteiger partial charge < -0.3 is 20.1 Å². The number of methoxy groups -OCH3 is 2. The standard InChI is InChI=1S/C20H34N4O2.HI/c1-4-21-20(22-12-11-17-7-5-6-8-19(17)26-3)23-13-14-24(15-16-25-2)18-9-10-18;/h5-8,18H,4,9-16H2,1-3H3,(H2,21,22,23);1H. The van der Waals surface area contributed by atoms with Gasteiger partial charge >= 0.3 is 0 Å². The predicted molar refractivity (Wildman–Crippen MR) is 123 cm³/mol. The lowest BCUT2D eigenvalue weighted by Gasteiger charge is -2.20. The summed E-state index contributed by atoms with van der Waals surface area (Å²) >= 11 is 0. The van der Waals surface area contributed by atoms with E-state index in [9.17, 15) is 0 Å². The number of guanidine groups is 1. The van der Waals surface area contributed by atoms with Gasteiger partial charge in [-0.3, -0.25) is 9.89 Å². The zero-order chi connectivity index (χ0) is 18.6. The Hall–Kier alpha value is -1.06. The Morgan fingerprint density at radius 1 is 1.19 bits per heavy atom. The third-order valence-corrected chi connectivity index (χ3v) is 4.53. The number of para-hydroxylation sites is 1. The lowest BCUT2D eigenvalue weighted by Crippen LogP contribution is -2.39. The van der Waals surface area contributed by atoms with Crippen molar-refractivity contribution in [1.82, 2.24) is 15.5 Å². The first kappa shape index (κ1) is 24.0. The van der Waals surface area contributed by atoms with Gasteiger partial charge in [-0.25, -0.2) is 0 Å². The molecular weight excluding hydrogens is 455 g/mol. The van der Waals surface area contributed by atoms with Gasteiger partial charge in [0, 0.05) is 39.3 Å². The molecule has 0 saturated heterocycles. The van der Waals surface area contributed by atoms with E-state index in [1.165, 1.54) is 18.4 Å². The van der Waals surface area contributed by atoms with E-state index >= 15 is 0 Å². The van der Waals surface area contributed by atoms with E-state index in [4.69, 9.17) is 14.5 Å². The maximum Gasteiger partial charge on any atom is 0.191 e. The van der Waals surface area contributed by atoms with Crippen LogP contribution in [0.2, 0.25) is 0 Å². The van der Waals surface area contributed by atoms with Crippen molar-refractivity contribution in [1.29, 1.82) is 0 Å². The Bertz CT molecular complexity index is 553. The Balaban J connectivity index is 0.00000364. The maximum absolute atomic E-state index is 5.41. The lowest BCUT2D eigenvalue weighted by molar-refractivity contribution is 0.145. The fourth-order valence-corrected chi connectivity index (χ4v) is 2.98. The molecule has 2 N–H and O–H groups in total. The number of nitrogens with one attached hydrogen (secondary N) is 2.